The second-order valence-electron chi connectivity index (χ2n) is 5.73. The quantitative estimate of drug-likeness (QED) is 0.885. The van der Waals surface area contributed by atoms with E-state index < -0.39 is 0 Å². The normalized spacial score (nSPS) is 14.3. The van der Waals surface area contributed by atoms with E-state index in [1.165, 1.54) is 11.3 Å². The third-order valence-corrected chi connectivity index (χ3v) is 5.06. The molecule has 0 bridgehead atoms. The number of piperazine rings is 1. The third kappa shape index (κ3) is 4.30. The summed E-state index contributed by atoms with van der Waals surface area (Å²) in [6, 6.07) is 11.5. The topological polar surface area (TPSA) is 61.9 Å². The molecule has 3 rings (SSSR count). The first-order chi connectivity index (χ1) is 12.2. The van der Waals surface area contributed by atoms with Crippen molar-refractivity contribution >= 4 is 28.8 Å². The van der Waals surface area contributed by atoms with Crippen molar-refractivity contribution in [2.24, 2.45) is 0 Å². The molecule has 1 aromatic carbocycles. The van der Waals surface area contributed by atoms with Gasteiger partial charge >= 0.3 is 0 Å². The van der Waals surface area contributed by atoms with Gasteiger partial charge < -0.3 is 19.9 Å². The number of hydrogen-bond donors (Lipinski definition) is 1. The molecular weight excluding hydrogens is 338 g/mol. The lowest BCUT2D eigenvalue weighted by Crippen LogP contribution is -2.51. The molecule has 7 heteroatoms. The van der Waals surface area contributed by atoms with Crippen LogP contribution in [-0.2, 0) is 4.79 Å². The van der Waals surface area contributed by atoms with Gasteiger partial charge in [0.1, 0.15) is 5.75 Å². The number of hydrogen-bond acceptors (Lipinski definition) is 5. The lowest BCUT2D eigenvalue weighted by molar-refractivity contribution is -0.130. The summed E-state index contributed by atoms with van der Waals surface area (Å²) in [7, 11) is 1.65. The van der Waals surface area contributed by atoms with Crippen LogP contribution in [0, 0.1) is 0 Å². The molecule has 132 valence electrons. The van der Waals surface area contributed by atoms with Crippen LogP contribution in [0.1, 0.15) is 9.67 Å². The van der Waals surface area contributed by atoms with Gasteiger partial charge in [-0.1, -0.05) is 12.1 Å². The fourth-order valence-corrected chi connectivity index (χ4v) is 3.42. The Morgan fingerprint density at radius 1 is 1.16 bits per heavy atom. The molecule has 1 saturated heterocycles. The minimum absolute atomic E-state index is 0.0376. The second-order valence-corrected chi connectivity index (χ2v) is 6.68. The van der Waals surface area contributed by atoms with Crippen LogP contribution in [0.15, 0.2) is 41.8 Å². The first-order valence-electron chi connectivity index (χ1n) is 8.16. The number of rotatable bonds is 5. The van der Waals surface area contributed by atoms with Crippen molar-refractivity contribution in [1.82, 2.24) is 10.2 Å². The number of carbonyl (C=O) groups is 2. The summed E-state index contributed by atoms with van der Waals surface area (Å²) in [5.41, 5.74) is 1.09. The molecule has 1 aliphatic rings. The highest BCUT2D eigenvalue weighted by molar-refractivity contribution is 7.12. The van der Waals surface area contributed by atoms with Crippen LogP contribution < -0.4 is 15.0 Å². The maximum atomic E-state index is 12.3. The van der Waals surface area contributed by atoms with Crippen molar-refractivity contribution in [3.63, 3.8) is 0 Å². The highest BCUT2D eigenvalue weighted by Gasteiger charge is 2.22. The van der Waals surface area contributed by atoms with Gasteiger partial charge in [-0.15, -0.1) is 11.3 Å². The molecule has 0 saturated carbocycles. The average Bonchev–Trinajstić information content (AvgIpc) is 3.21. The number of nitrogens with one attached hydrogen (secondary N) is 1. The second kappa shape index (κ2) is 8.02. The summed E-state index contributed by atoms with van der Waals surface area (Å²) in [4.78, 5) is 28.8. The van der Waals surface area contributed by atoms with Crippen LogP contribution in [-0.4, -0.2) is 56.5 Å². The van der Waals surface area contributed by atoms with Gasteiger partial charge in [0.15, 0.2) is 0 Å². The molecule has 2 heterocycles. The van der Waals surface area contributed by atoms with Crippen molar-refractivity contribution in [1.29, 1.82) is 0 Å². The Morgan fingerprint density at radius 2 is 1.96 bits per heavy atom. The lowest BCUT2D eigenvalue weighted by atomic mass is 10.2. The zero-order valence-corrected chi connectivity index (χ0v) is 14.9. The van der Waals surface area contributed by atoms with Gasteiger partial charge in [0, 0.05) is 37.9 Å². The largest absolute Gasteiger partial charge is 0.497 e. The van der Waals surface area contributed by atoms with Gasteiger partial charge in [0.05, 0.1) is 18.5 Å². The molecule has 1 fully saturated rings. The Labute approximate surface area is 151 Å². The smallest absolute Gasteiger partial charge is 0.261 e. The number of amides is 2. The number of benzene rings is 1. The van der Waals surface area contributed by atoms with E-state index >= 15 is 0 Å². The van der Waals surface area contributed by atoms with E-state index in [4.69, 9.17) is 4.74 Å². The zero-order chi connectivity index (χ0) is 17.6. The van der Waals surface area contributed by atoms with Crippen molar-refractivity contribution in [2.75, 3.05) is 44.7 Å². The maximum absolute atomic E-state index is 12.3. The minimum Gasteiger partial charge on any atom is -0.497 e. The molecule has 6 nitrogen and oxygen atoms in total. The fourth-order valence-electron chi connectivity index (χ4n) is 2.78. The third-order valence-electron chi connectivity index (χ3n) is 4.20. The highest BCUT2D eigenvalue weighted by Crippen LogP contribution is 2.22. The van der Waals surface area contributed by atoms with Gasteiger partial charge in [0.25, 0.3) is 5.91 Å². The van der Waals surface area contributed by atoms with Crippen LogP contribution in [0.3, 0.4) is 0 Å². The van der Waals surface area contributed by atoms with E-state index in [1.807, 2.05) is 35.7 Å². The van der Waals surface area contributed by atoms with E-state index in [9.17, 15) is 9.59 Å². The Bertz CT molecular complexity index is 725. The van der Waals surface area contributed by atoms with Gasteiger partial charge in [0.2, 0.25) is 5.91 Å². The van der Waals surface area contributed by atoms with Crippen LogP contribution in [0.2, 0.25) is 0 Å². The van der Waals surface area contributed by atoms with E-state index in [1.54, 1.807) is 18.1 Å². The summed E-state index contributed by atoms with van der Waals surface area (Å²) in [5, 5.41) is 4.53. The molecule has 2 amide bonds. The van der Waals surface area contributed by atoms with Crippen molar-refractivity contribution in [2.45, 2.75) is 0 Å². The Hall–Kier alpha value is -2.54. The predicted octanol–water partition coefficient (Wildman–Crippen LogP) is 1.84. The van der Waals surface area contributed by atoms with Crippen LogP contribution >= 0.6 is 11.3 Å². The molecule has 2 aromatic rings. The Kier molecular flexibility index (Phi) is 5.55. The molecule has 1 aromatic heterocycles. The standard InChI is InChI=1S/C18H21N3O3S/c1-24-15-5-2-4-14(12-15)20-7-9-21(10-8-20)17(22)13-19-18(23)16-6-3-11-25-16/h2-6,11-12H,7-10,13H2,1H3,(H,19,23). The molecule has 0 spiro atoms. The molecule has 1 aliphatic heterocycles. The zero-order valence-electron chi connectivity index (χ0n) is 14.1. The fraction of sp³-hybridized carbons (Fsp3) is 0.333. The van der Waals surface area contributed by atoms with Gasteiger partial charge in [-0.05, 0) is 23.6 Å². The average molecular weight is 359 g/mol. The molecular formula is C18H21N3O3S. The van der Waals surface area contributed by atoms with E-state index in [0.717, 1.165) is 24.5 Å². The Morgan fingerprint density at radius 3 is 2.64 bits per heavy atom. The lowest BCUT2D eigenvalue weighted by Gasteiger charge is -2.36. The number of thiophene rings is 1. The SMILES string of the molecule is COc1cccc(N2CCN(C(=O)CNC(=O)c3cccs3)CC2)c1. The van der Waals surface area contributed by atoms with E-state index in [-0.39, 0.29) is 18.4 Å². The molecule has 0 aliphatic carbocycles. The Balaban J connectivity index is 1.48. The summed E-state index contributed by atoms with van der Waals surface area (Å²) in [5.74, 6) is 0.584. The number of carbonyl (C=O) groups excluding carboxylic acids is 2. The van der Waals surface area contributed by atoms with Crippen LogP contribution in [0.4, 0.5) is 5.69 Å². The monoisotopic (exact) mass is 359 g/mol. The summed E-state index contributed by atoms with van der Waals surface area (Å²) < 4.78 is 5.26. The van der Waals surface area contributed by atoms with Crippen molar-refractivity contribution < 1.29 is 14.3 Å². The van der Waals surface area contributed by atoms with Crippen LogP contribution in [0.25, 0.3) is 0 Å². The number of nitrogens with zero attached hydrogens (tertiary/aromatic N) is 2. The van der Waals surface area contributed by atoms with Crippen molar-refractivity contribution in [3.8, 4) is 5.75 Å². The minimum atomic E-state index is -0.196. The van der Waals surface area contributed by atoms with E-state index in [0.29, 0.717) is 18.0 Å². The maximum Gasteiger partial charge on any atom is 0.261 e. The van der Waals surface area contributed by atoms with Crippen LogP contribution in [0.5, 0.6) is 5.75 Å². The van der Waals surface area contributed by atoms with Gasteiger partial charge in [-0.3, -0.25) is 9.59 Å². The summed E-state index contributed by atoms with van der Waals surface area (Å²) >= 11 is 1.37. The molecule has 0 atom stereocenters. The van der Waals surface area contributed by atoms with E-state index in [2.05, 4.69) is 10.2 Å². The first-order valence-corrected chi connectivity index (χ1v) is 9.04. The highest BCUT2D eigenvalue weighted by atomic mass is 32.1. The predicted molar refractivity (Wildman–Crippen MR) is 98.4 cm³/mol. The number of ether oxygens (including phenoxy) is 1. The van der Waals surface area contributed by atoms with Gasteiger partial charge in [-0.2, -0.15) is 0 Å². The summed E-state index contributed by atoms with van der Waals surface area (Å²) in [6.45, 7) is 2.85. The molecule has 25 heavy (non-hydrogen) atoms. The molecule has 0 radical (unpaired) electrons. The first kappa shape index (κ1) is 17.3. The molecule has 0 unspecified atom stereocenters. The summed E-state index contributed by atoms with van der Waals surface area (Å²) in [6.07, 6.45) is 0. The molecule has 1 N–H and O–H groups in total. The van der Waals surface area contributed by atoms with Gasteiger partial charge in [-0.25, -0.2) is 0 Å². The number of methoxy groups -OCH3 is 1. The number of anilines is 1. The van der Waals surface area contributed by atoms with Crippen molar-refractivity contribution in [3.05, 3.63) is 46.7 Å².